The van der Waals surface area contributed by atoms with Gasteiger partial charge in [0.25, 0.3) is 0 Å². The molecule has 0 aromatic carbocycles. The first-order valence-electron chi connectivity index (χ1n) is 4.37. The molecule has 0 aliphatic rings. The Kier molecular flexibility index (Phi) is 4.52. The lowest BCUT2D eigenvalue weighted by Gasteiger charge is -2.23. The Balaban J connectivity index is 3.82. The summed E-state index contributed by atoms with van der Waals surface area (Å²) in [6.07, 6.45) is 4.20. The Labute approximate surface area is 66.7 Å². The van der Waals surface area contributed by atoms with Crippen LogP contribution in [0.2, 0.25) is 0 Å². The fourth-order valence-electron chi connectivity index (χ4n) is 1.29. The van der Waals surface area contributed by atoms with Gasteiger partial charge in [-0.15, -0.1) is 0 Å². The summed E-state index contributed by atoms with van der Waals surface area (Å²) in [6.45, 7) is 12.0. The van der Waals surface area contributed by atoms with E-state index >= 15 is 0 Å². The van der Waals surface area contributed by atoms with Crippen molar-refractivity contribution in [2.24, 2.45) is 0 Å². The minimum atomic E-state index is -0.534. The fourth-order valence-corrected chi connectivity index (χ4v) is 3.87. The first-order chi connectivity index (χ1) is 4.54. The Morgan fingerprint density at radius 3 is 2.00 bits per heavy atom. The van der Waals surface area contributed by atoms with Gasteiger partial charge in [0.05, 0.1) is 11.8 Å². The number of hydrogen-bond donors (Lipinski definition) is 0. The molecule has 0 radical (unpaired) electrons. The molecule has 0 saturated heterocycles. The maximum absolute atomic E-state index is 2.49. The van der Waals surface area contributed by atoms with E-state index in [4.69, 9.17) is 0 Å². The second-order valence-electron chi connectivity index (χ2n) is 3.76. The van der Waals surface area contributed by atoms with Crippen LogP contribution in [0.15, 0.2) is 0 Å². The van der Waals surface area contributed by atoms with Crippen molar-refractivity contribution in [2.45, 2.75) is 39.3 Å². The molecule has 1 unspecified atom stereocenters. The zero-order valence-electron chi connectivity index (χ0n) is 8.15. The molecule has 0 saturated carbocycles. The van der Waals surface area contributed by atoms with Gasteiger partial charge in [0.2, 0.25) is 0 Å². The predicted molar refractivity (Wildman–Crippen MR) is 53.7 cm³/mol. The van der Waals surface area contributed by atoms with E-state index in [1.165, 1.54) is 19.0 Å². The quantitative estimate of drug-likeness (QED) is 0.554. The summed E-state index contributed by atoms with van der Waals surface area (Å²) < 4.78 is 0. The molecule has 0 amide bonds. The Morgan fingerprint density at radius 2 is 1.70 bits per heavy atom. The van der Waals surface area contributed by atoms with E-state index in [0.717, 1.165) is 5.66 Å². The van der Waals surface area contributed by atoms with Crippen LogP contribution in [-0.4, -0.2) is 25.2 Å². The average Bonchev–Trinajstić information content (AvgIpc) is 1.86. The second kappa shape index (κ2) is 4.34. The van der Waals surface area contributed by atoms with Crippen LogP contribution >= 0.6 is 7.26 Å². The zero-order chi connectivity index (χ0) is 8.20. The standard InChI is InChI=1S/C9H22P/c1-6-8-10(4,5)9(3)7-2/h9H,6-8H2,1-5H3/q+1. The molecule has 0 bridgehead atoms. The minimum absolute atomic E-state index is 0.534. The summed E-state index contributed by atoms with van der Waals surface area (Å²) in [5.41, 5.74) is 0.979. The molecule has 0 heterocycles. The van der Waals surface area contributed by atoms with Gasteiger partial charge in [-0.25, -0.2) is 0 Å². The smallest absolute Gasteiger partial charge is 0.0619 e. The zero-order valence-corrected chi connectivity index (χ0v) is 9.04. The van der Waals surface area contributed by atoms with E-state index in [1.807, 2.05) is 0 Å². The maximum atomic E-state index is 2.49. The van der Waals surface area contributed by atoms with Crippen LogP contribution in [0, 0.1) is 0 Å². The first-order valence-corrected chi connectivity index (χ1v) is 7.31. The van der Waals surface area contributed by atoms with E-state index in [2.05, 4.69) is 34.1 Å². The van der Waals surface area contributed by atoms with Crippen molar-refractivity contribution in [3.05, 3.63) is 0 Å². The molecule has 0 aromatic heterocycles. The Hall–Kier alpha value is 0.430. The van der Waals surface area contributed by atoms with Gasteiger partial charge in [-0.05, 0) is 19.8 Å². The van der Waals surface area contributed by atoms with Gasteiger partial charge in [0.1, 0.15) is 0 Å². The number of rotatable bonds is 4. The molecule has 0 aromatic rings. The summed E-state index contributed by atoms with van der Waals surface area (Å²) in [6, 6.07) is 0. The van der Waals surface area contributed by atoms with E-state index in [-0.39, 0.29) is 0 Å². The molecule has 10 heavy (non-hydrogen) atoms. The topological polar surface area (TPSA) is 0 Å². The largest absolute Gasteiger partial charge is 0.0661 e. The monoisotopic (exact) mass is 161 g/mol. The van der Waals surface area contributed by atoms with Crippen LogP contribution in [0.1, 0.15) is 33.6 Å². The van der Waals surface area contributed by atoms with Crippen LogP contribution in [0.4, 0.5) is 0 Å². The van der Waals surface area contributed by atoms with Crippen LogP contribution < -0.4 is 0 Å². The molecule has 0 rings (SSSR count). The molecule has 0 fully saturated rings. The van der Waals surface area contributed by atoms with Crippen molar-refractivity contribution in [2.75, 3.05) is 19.5 Å². The van der Waals surface area contributed by atoms with Crippen molar-refractivity contribution in [3.8, 4) is 0 Å². The van der Waals surface area contributed by atoms with Crippen molar-refractivity contribution in [1.82, 2.24) is 0 Å². The van der Waals surface area contributed by atoms with Gasteiger partial charge in [-0.1, -0.05) is 13.8 Å². The lowest BCUT2D eigenvalue weighted by molar-refractivity contribution is 0.875. The third-order valence-corrected chi connectivity index (χ3v) is 6.94. The summed E-state index contributed by atoms with van der Waals surface area (Å²) in [7, 11) is -0.534. The van der Waals surface area contributed by atoms with E-state index in [9.17, 15) is 0 Å². The molecule has 1 heteroatoms. The highest BCUT2D eigenvalue weighted by molar-refractivity contribution is 7.75. The highest BCUT2D eigenvalue weighted by Crippen LogP contribution is 2.57. The summed E-state index contributed by atoms with van der Waals surface area (Å²) in [5.74, 6) is 0. The lowest BCUT2D eigenvalue weighted by atomic mass is 10.4. The van der Waals surface area contributed by atoms with Gasteiger partial charge in [0.15, 0.2) is 0 Å². The highest BCUT2D eigenvalue weighted by atomic mass is 31.2. The van der Waals surface area contributed by atoms with Gasteiger partial charge < -0.3 is 0 Å². The molecule has 0 spiro atoms. The highest BCUT2D eigenvalue weighted by Gasteiger charge is 2.29. The van der Waals surface area contributed by atoms with E-state index in [1.54, 1.807) is 0 Å². The second-order valence-corrected chi connectivity index (χ2v) is 8.65. The molecule has 1 atom stereocenters. The molecule has 0 N–H and O–H groups in total. The SMILES string of the molecule is CCC[P+](C)(C)C(C)CC. The van der Waals surface area contributed by atoms with Gasteiger partial charge in [-0.2, -0.15) is 0 Å². The summed E-state index contributed by atoms with van der Waals surface area (Å²) in [4.78, 5) is 0. The van der Waals surface area contributed by atoms with Crippen LogP contribution in [0.3, 0.4) is 0 Å². The van der Waals surface area contributed by atoms with E-state index in [0.29, 0.717) is 0 Å². The lowest BCUT2D eigenvalue weighted by Crippen LogP contribution is -2.09. The summed E-state index contributed by atoms with van der Waals surface area (Å²) in [5, 5.41) is 0. The molecular weight excluding hydrogens is 139 g/mol. The van der Waals surface area contributed by atoms with Crippen molar-refractivity contribution < 1.29 is 0 Å². The van der Waals surface area contributed by atoms with Crippen molar-refractivity contribution >= 4 is 7.26 Å². The van der Waals surface area contributed by atoms with Gasteiger partial charge in [0, 0.05) is 20.6 Å². The van der Waals surface area contributed by atoms with Crippen molar-refractivity contribution in [1.29, 1.82) is 0 Å². The normalized spacial score (nSPS) is 15.3. The molecule has 0 aliphatic carbocycles. The molecule has 0 aliphatic heterocycles. The Morgan fingerprint density at radius 1 is 1.20 bits per heavy atom. The summed E-state index contributed by atoms with van der Waals surface area (Å²) >= 11 is 0. The van der Waals surface area contributed by atoms with Crippen LogP contribution in [0.25, 0.3) is 0 Å². The first kappa shape index (κ1) is 10.4. The van der Waals surface area contributed by atoms with E-state index < -0.39 is 7.26 Å². The van der Waals surface area contributed by atoms with Gasteiger partial charge in [-0.3, -0.25) is 0 Å². The minimum Gasteiger partial charge on any atom is -0.0619 e. The maximum Gasteiger partial charge on any atom is 0.0661 e. The Bertz CT molecular complexity index is 86.7. The van der Waals surface area contributed by atoms with Crippen molar-refractivity contribution in [3.63, 3.8) is 0 Å². The fraction of sp³-hybridized carbons (Fsp3) is 1.00. The third-order valence-electron chi connectivity index (χ3n) is 2.58. The molecule has 62 valence electrons. The average molecular weight is 161 g/mol. The molecule has 0 nitrogen and oxygen atoms in total. The van der Waals surface area contributed by atoms with Crippen LogP contribution in [-0.2, 0) is 0 Å². The number of hydrogen-bond acceptors (Lipinski definition) is 0. The molecular formula is C9H22P+. The predicted octanol–water partition coefficient (Wildman–Crippen LogP) is 3.47. The third kappa shape index (κ3) is 3.01. The van der Waals surface area contributed by atoms with Crippen LogP contribution in [0.5, 0.6) is 0 Å². The van der Waals surface area contributed by atoms with Gasteiger partial charge >= 0.3 is 0 Å².